The molecule has 2 N–H and O–H groups in total. The summed E-state index contributed by atoms with van der Waals surface area (Å²) in [4.78, 5) is 16.2. The molecule has 0 radical (unpaired) electrons. The van der Waals surface area contributed by atoms with Crippen molar-refractivity contribution < 1.29 is 9.53 Å². The van der Waals surface area contributed by atoms with E-state index in [1.165, 1.54) is 5.56 Å². The second kappa shape index (κ2) is 8.34. The lowest BCUT2D eigenvalue weighted by molar-refractivity contribution is 0.247. The molecule has 0 unspecified atom stereocenters. The lowest BCUT2D eigenvalue weighted by Crippen LogP contribution is -2.32. The summed E-state index contributed by atoms with van der Waals surface area (Å²) in [6.07, 6.45) is 1.77. The summed E-state index contributed by atoms with van der Waals surface area (Å²) in [5.41, 5.74) is 2.95. The van der Waals surface area contributed by atoms with E-state index >= 15 is 0 Å². The van der Waals surface area contributed by atoms with Crippen molar-refractivity contribution in [2.24, 2.45) is 0 Å². The second-order valence-corrected chi connectivity index (χ2v) is 6.36. The first-order valence-corrected chi connectivity index (χ1v) is 8.74. The molecule has 0 aliphatic heterocycles. The third kappa shape index (κ3) is 4.72. The summed E-state index contributed by atoms with van der Waals surface area (Å²) < 4.78 is 5.69. The highest BCUT2D eigenvalue weighted by atomic mass is 16.5. The Morgan fingerprint density at radius 3 is 2.69 bits per heavy atom. The molecular weight excluding hydrogens is 326 g/mol. The number of urea groups is 1. The summed E-state index contributed by atoms with van der Waals surface area (Å²) in [6, 6.07) is 17.3. The Morgan fingerprint density at radius 1 is 1.12 bits per heavy atom. The molecule has 2 aromatic carbocycles. The minimum Gasteiger partial charge on any atom is -0.492 e. The monoisotopic (exact) mass is 349 g/mol. The van der Waals surface area contributed by atoms with Gasteiger partial charge >= 0.3 is 6.03 Å². The molecule has 1 heterocycles. The van der Waals surface area contributed by atoms with E-state index < -0.39 is 0 Å². The van der Waals surface area contributed by atoms with Crippen LogP contribution in [0.5, 0.6) is 5.75 Å². The van der Waals surface area contributed by atoms with Crippen molar-refractivity contribution in [1.82, 2.24) is 10.3 Å². The number of benzene rings is 2. The highest BCUT2D eigenvalue weighted by Gasteiger charge is 2.03. The van der Waals surface area contributed by atoms with E-state index in [-0.39, 0.29) is 6.03 Å². The van der Waals surface area contributed by atoms with Crippen LogP contribution in [0, 0.1) is 0 Å². The van der Waals surface area contributed by atoms with Crippen LogP contribution in [0.1, 0.15) is 25.3 Å². The molecular formula is C21H23N3O2. The van der Waals surface area contributed by atoms with Crippen molar-refractivity contribution in [2.45, 2.75) is 19.8 Å². The number of amides is 2. The van der Waals surface area contributed by atoms with Gasteiger partial charge in [-0.05, 0) is 47.9 Å². The number of nitrogens with zero attached hydrogens (tertiary/aromatic N) is 1. The van der Waals surface area contributed by atoms with Gasteiger partial charge in [0.2, 0.25) is 0 Å². The maximum absolute atomic E-state index is 11.9. The summed E-state index contributed by atoms with van der Waals surface area (Å²) in [5, 5.41) is 6.63. The van der Waals surface area contributed by atoms with E-state index in [9.17, 15) is 4.79 Å². The van der Waals surface area contributed by atoms with Crippen LogP contribution in [0.2, 0.25) is 0 Å². The topological polar surface area (TPSA) is 63.2 Å². The predicted molar refractivity (Wildman–Crippen MR) is 105 cm³/mol. The zero-order chi connectivity index (χ0) is 18.4. The molecule has 2 amide bonds. The van der Waals surface area contributed by atoms with Crippen LogP contribution in [0.3, 0.4) is 0 Å². The number of hydrogen-bond acceptors (Lipinski definition) is 3. The number of anilines is 1. The first-order chi connectivity index (χ1) is 12.6. The molecule has 0 spiro atoms. The summed E-state index contributed by atoms with van der Waals surface area (Å²) in [7, 11) is 0. The number of aromatic nitrogens is 1. The molecule has 26 heavy (non-hydrogen) atoms. The van der Waals surface area contributed by atoms with Gasteiger partial charge in [-0.3, -0.25) is 4.98 Å². The Hall–Kier alpha value is -3.08. The predicted octanol–water partition coefficient (Wildman–Crippen LogP) is 4.56. The summed E-state index contributed by atoms with van der Waals surface area (Å²) in [5.74, 6) is 1.23. The van der Waals surface area contributed by atoms with Crippen molar-refractivity contribution in [2.75, 3.05) is 18.5 Å². The lowest BCUT2D eigenvalue weighted by Gasteiger charge is -2.10. The Labute approximate surface area is 153 Å². The van der Waals surface area contributed by atoms with Crippen LogP contribution in [0.4, 0.5) is 10.5 Å². The average molecular weight is 349 g/mol. The van der Waals surface area contributed by atoms with Crippen molar-refractivity contribution in [3.63, 3.8) is 0 Å². The number of nitrogens with one attached hydrogen (secondary N) is 2. The smallest absolute Gasteiger partial charge is 0.319 e. The molecule has 5 heteroatoms. The highest BCUT2D eigenvalue weighted by Crippen LogP contribution is 2.19. The van der Waals surface area contributed by atoms with Gasteiger partial charge in [0.1, 0.15) is 12.4 Å². The van der Waals surface area contributed by atoms with Crippen LogP contribution >= 0.6 is 0 Å². The van der Waals surface area contributed by atoms with E-state index in [1.807, 2.05) is 54.6 Å². The van der Waals surface area contributed by atoms with Crippen LogP contribution < -0.4 is 15.4 Å². The fourth-order valence-electron chi connectivity index (χ4n) is 2.60. The molecule has 3 aromatic rings. The van der Waals surface area contributed by atoms with E-state index in [1.54, 1.807) is 6.20 Å². The Balaban J connectivity index is 1.43. The number of pyridine rings is 1. The molecule has 134 valence electrons. The zero-order valence-corrected chi connectivity index (χ0v) is 15.0. The minimum atomic E-state index is -0.242. The molecule has 0 bridgehead atoms. The Kier molecular flexibility index (Phi) is 5.69. The van der Waals surface area contributed by atoms with Crippen molar-refractivity contribution in [3.05, 3.63) is 66.4 Å². The molecule has 3 rings (SSSR count). The molecule has 5 nitrogen and oxygen atoms in total. The van der Waals surface area contributed by atoms with Gasteiger partial charge in [-0.25, -0.2) is 4.79 Å². The van der Waals surface area contributed by atoms with Crippen molar-refractivity contribution >= 4 is 22.6 Å². The van der Waals surface area contributed by atoms with Gasteiger partial charge in [0.15, 0.2) is 0 Å². The van der Waals surface area contributed by atoms with Crippen LogP contribution in [0.15, 0.2) is 60.8 Å². The first-order valence-electron chi connectivity index (χ1n) is 8.74. The Bertz CT molecular complexity index is 876. The molecule has 0 atom stereocenters. The normalized spacial score (nSPS) is 10.7. The van der Waals surface area contributed by atoms with E-state index in [4.69, 9.17) is 4.74 Å². The van der Waals surface area contributed by atoms with Gasteiger partial charge < -0.3 is 15.4 Å². The third-order valence-electron chi connectivity index (χ3n) is 4.07. The number of ether oxygens (including phenoxy) is 1. The zero-order valence-electron chi connectivity index (χ0n) is 15.0. The molecule has 1 aromatic heterocycles. The minimum absolute atomic E-state index is 0.242. The van der Waals surface area contributed by atoms with E-state index in [0.29, 0.717) is 19.1 Å². The van der Waals surface area contributed by atoms with Gasteiger partial charge in [-0.1, -0.05) is 32.0 Å². The SMILES string of the molecule is CC(C)c1ccc(NC(=O)NCCOc2ccc3ncccc3c2)cc1. The van der Waals surface area contributed by atoms with Gasteiger partial charge in [0.25, 0.3) is 0 Å². The average Bonchev–Trinajstić information content (AvgIpc) is 2.65. The second-order valence-electron chi connectivity index (χ2n) is 6.36. The van der Waals surface area contributed by atoms with Crippen molar-refractivity contribution in [3.8, 4) is 5.75 Å². The van der Waals surface area contributed by atoms with Gasteiger partial charge in [0.05, 0.1) is 12.1 Å². The molecule has 0 saturated heterocycles. The number of carbonyl (C=O) groups excluding carboxylic acids is 1. The number of carbonyl (C=O) groups is 1. The molecule has 0 saturated carbocycles. The van der Waals surface area contributed by atoms with Crippen LogP contribution in [-0.4, -0.2) is 24.2 Å². The highest BCUT2D eigenvalue weighted by molar-refractivity contribution is 5.89. The van der Waals surface area contributed by atoms with E-state index in [0.717, 1.165) is 22.3 Å². The van der Waals surface area contributed by atoms with Gasteiger partial charge in [-0.15, -0.1) is 0 Å². The van der Waals surface area contributed by atoms with Gasteiger partial charge in [-0.2, -0.15) is 0 Å². The Morgan fingerprint density at radius 2 is 1.92 bits per heavy atom. The maximum Gasteiger partial charge on any atom is 0.319 e. The fraction of sp³-hybridized carbons (Fsp3) is 0.238. The lowest BCUT2D eigenvalue weighted by atomic mass is 10.0. The van der Waals surface area contributed by atoms with Crippen LogP contribution in [0.25, 0.3) is 10.9 Å². The first kappa shape index (κ1) is 17.7. The van der Waals surface area contributed by atoms with Crippen LogP contribution in [-0.2, 0) is 0 Å². The van der Waals surface area contributed by atoms with E-state index in [2.05, 4.69) is 29.5 Å². The quantitative estimate of drug-likeness (QED) is 0.641. The van der Waals surface area contributed by atoms with Gasteiger partial charge in [0, 0.05) is 17.3 Å². The molecule has 0 aliphatic carbocycles. The van der Waals surface area contributed by atoms with Crippen molar-refractivity contribution in [1.29, 1.82) is 0 Å². The molecule has 0 aliphatic rings. The summed E-state index contributed by atoms with van der Waals surface area (Å²) in [6.45, 7) is 5.09. The number of hydrogen-bond donors (Lipinski definition) is 2. The maximum atomic E-state index is 11.9. The largest absolute Gasteiger partial charge is 0.492 e. The fourth-order valence-corrected chi connectivity index (χ4v) is 2.60. The number of fused-ring (bicyclic) bond motifs is 1. The summed E-state index contributed by atoms with van der Waals surface area (Å²) >= 11 is 0. The third-order valence-corrected chi connectivity index (χ3v) is 4.07. The molecule has 0 fully saturated rings. The standard InChI is InChI=1S/C21H23N3O2/c1-15(2)16-5-7-18(8-6-16)24-21(25)23-12-13-26-19-9-10-20-17(14-19)4-3-11-22-20/h3-11,14-15H,12-13H2,1-2H3,(H2,23,24,25). The number of rotatable bonds is 6.